The fourth-order valence-corrected chi connectivity index (χ4v) is 7.59. The van der Waals surface area contributed by atoms with Crippen molar-refractivity contribution in [2.75, 3.05) is 27.3 Å². The summed E-state index contributed by atoms with van der Waals surface area (Å²) in [6.07, 6.45) is 4.78. The first-order valence-corrected chi connectivity index (χ1v) is 16.0. The van der Waals surface area contributed by atoms with Gasteiger partial charge in [0.2, 0.25) is 5.91 Å². The number of carboxylic acid groups (broad SMARTS) is 1. The number of amides is 1. The molecule has 5 rings (SSSR count). The summed E-state index contributed by atoms with van der Waals surface area (Å²) < 4.78 is 6.16. The van der Waals surface area contributed by atoms with E-state index in [-0.39, 0.29) is 30.5 Å². The number of carbonyl (C=O) groups excluding carboxylic acids is 1. The maximum atomic E-state index is 14.1. The standard InChI is InChI=1S/C35H51N3O7/c1-9-44-33-24(11-10-12-26(33)23(13-14-30(41)42)15-20(2)37(7)8)18-38-32(31(22(4)40)29(19-39)45-38)34(43)36-28-17-25-16-27(21(28)3)35(25,5)6/h10-15,21-22,25,27-29,31-32,39-40H,2,9,16-19H2,1,3-8H3,(H,36,43)(H,41,42)/b14-13+,23-15+/t21-,22-,25+,27-,28-,29-,31+,32-/m0/s1. The lowest BCUT2D eigenvalue weighted by molar-refractivity contribution is -0.183. The Kier molecular flexibility index (Phi) is 10.8. The molecule has 0 unspecified atom stereocenters. The zero-order chi connectivity index (χ0) is 33.2. The molecule has 4 N–H and O–H groups in total. The minimum absolute atomic E-state index is 0.0276. The number of hydrogen-bond donors (Lipinski definition) is 4. The number of allylic oxidation sites excluding steroid dienone is 3. The number of ether oxygens (including phenoxy) is 1. The third-order valence-corrected chi connectivity index (χ3v) is 10.4. The number of nitrogens with one attached hydrogen (secondary N) is 1. The summed E-state index contributed by atoms with van der Waals surface area (Å²) in [6, 6.07) is 4.73. The number of aliphatic hydroxyl groups is 2. The number of benzene rings is 1. The van der Waals surface area contributed by atoms with Crippen LogP contribution in [-0.2, 0) is 21.0 Å². The number of carbonyl (C=O) groups is 2. The van der Waals surface area contributed by atoms with Crippen LogP contribution in [0.25, 0.3) is 5.57 Å². The Balaban J connectivity index is 1.69. The number of para-hydroxylation sites is 1. The Morgan fingerprint density at radius 3 is 2.53 bits per heavy atom. The van der Waals surface area contributed by atoms with Gasteiger partial charge in [-0.3, -0.25) is 9.63 Å². The lowest BCUT2D eigenvalue weighted by atomic mass is 9.45. The third kappa shape index (κ3) is 7.14. The minimum atomic E-state index is -1.09. The lowest BCUT2D eigenvalue weighted by Gasteiger charge is -2.62. The molecular formula is C35H51N3O7. The molecule has 10 nitrogen and oxygen atoms in total. The zero-order valence-corrected chi connectivity index (χ0v) is 27.7. The zero-order valence-electron chi connectivity index (χ0n) is 27.7. The van der Waals surface area contributed by atoms with Crippen LogP contribution in [0.5, 0.6) is 5.75 Å². The van der Waals surface area contributed by atoms with Gasteiger partial charge >= 0.3 is 5.97 Å². The van der Waals surface area contributed by atoms with Crippen LogP contribution >= 0.6 is 0 Å². The molecule has 0 radical (unpaired) electrons. The van der Waals surface area contributed by atoms with E-state index in [1.54, 1.807) is 18.1 Å². The molecule has 248 valence electrons. The summed E-state index contributed by atoms with van der Waals surface area (Å²) in [4.78, 5) is 33.5. The van der Waals surface area contributed by atoms with Crippen LogP contribution in [0, 0.1) is 29.1 Å². The first-order valence-electron chi connectivity index (χ1n) is 16.0. The molecule has 0 aromatic heterocycles. The topological polar surface area (TPSA) is 132 Å². The minimum Gasteiger partial charge on any atom is -0.493 e. The predicted octanol–water partition coefficient (Wildman–Crippen LogP) is 3.85. The third-order valence-electron chi connectivity index (χ3n) is 10.4. The van der Waals surface area contributed by atoms with Crippen LogP contribution in [0.2, 0.25) is 0 Å². The molecule has 0 spiro atoms. The van der Waals surface area contributed by atoms with Crippen molar-refractivity contribution < 1.29 is 34.5 Å². The number of hydrogen-bond acceptors (Lipinski definition) is 8. The molecule has 8 atom stereocenters. The summed E-state index contributed by atoms with van der Waals surface area (Å²) in [5.74, 6) is -0.0179. The van der Waals surface area contributed by atoms with E-state index in [1.165, 1.54) is 12.5 Å². The van der Waals surface area contributed by atoms with Gasteiger partial charge in [0.05, 0.1) is 25.9 Å². The molecule has 3 saturated carbocycles. The van der Waals surface area contributed by atoms with Crippen molar-refractivity contribution in [1.29, 1.82) is 0 Å². The van der Waals surface area contributed by atoms with E-state index >= 15 is 0 Å². The highest BCUT2D eigenvalue weighted by atomic mass is 16.7. The summed E-state index contributed by atoms with van der Waals surface area (Å²) in [7, 11) is 3.70. The van der Waals surface area contributed by atoms with Gasteiger partial charge in [0.15, 0.2) is 0 Å². The van der Waals surface area contributed by atoms with E-state index in [0.29, 0.717) is 52.5 Å². The molecule has 2 bridgehead atoms. The summed E-state index contributed by atoms with van der Waals surface area (Å²) in [5.41, 5.74) is 2.88. The predicted molar refractivity (Wildman–Crippen MR) is 173 cm³/mol. The number of carboxylic acids is 1. The second-order valence-electron chi connectivity index (χ2n) is 13.6. The van der Waals surface area contributed by atoms with Crippen molar-refractivity contribution in [2.45, 2.75) is 78.3 Å². The van der Waals surface area contributed by atoms with Gasteiger partial charge in [-0.15, -0.1) is 0 Å². The normalized spacial score (nSPS) is 30.1. The Hall–Kier alpha value is -3.18. The number of nitrogens with zero attached hydrogens (tertiary/aromatic N) is 2. The van der Waals surface area contributed by atoms with Gasteiger partial charge in [-0.1, -0.05) is 45.5 Å². The number of hydroxylamine groups is 2. The molecule has 1 aromatic carbocycles. The molecule has 1 saturated heterocycles. The molecule has 1 amide bonds. The number of rotatable bonds is 13. The second kappa shape index (κ2) is 14.1. The smallest absolute Gasteiger partial charge is 0.328 e. The Bertz CT molecular complexity index is 1320. The molecule has 4 aliphatic rings. The van der Waals surface area contributed by atoms with Crippen LogP contribution in [0.3, 0.4) is 0 Å². The SMILES string of the molecule is C=C(/C=C(\C=C\C(=O)O)c1cccc(CN2O[C@@H](CO)[C@@H]([C@H](C)O)[C@H]2C(=O)N[C@H]2C[C@H]3C[C@@H]([C@@H]2C)C3(C)C)c1OCC)N(C)C. The maximum Gasteiger partial charge on any atom is 0.328 e. The molecule has 1 aliphatic heterocycles. The fraction of sp³-hybridized carbons (Fsp3) is 0.600. The van der Waals surface area contributed by atoms with Crippen molar-refractivity contribution in [3.8, 4) is 5.75 Å². The van der Waals surface area contributed by atoms with E-state index in [0.717, 1.165) is 12.5 Å². The van der Waals surface area contributed by atoms with Crippen LogP contribution in [0.4, 0.5) is 0 Å². The van der Waals surface area contributed by atoms with Crippen LogP contribution in [0.15, 0.2) is 48.7 Å². The molecular weight excluding hydrogens is 574 g/mol. The number of likely N-dealkylation sites (N-methyl/N-ethyl adjacent to an activating group) is 1. The molecule has 1 heterocycles. The van der Waals surface area contributed by atoms with Gasteiger partial charge in [-0.2, -0.15) is 5.06 Å². The highest BCUT2D eigenvalue weighted by Gasteiger charge is 2.57. The monoisotopic (exact) mass is 625 g/mol. The fourth-order valence-electron chi connectivity index (χ4n) is 7.59. The van der Waals surface area contributed by atoms with Gasteiger partial charge in [0, 0.05) is 49.0 Å². The average Bonchev–Trinajstić information content (AvgIpc) is 3.35. The molecule has 4 fully saturated rings. The first kappa shape index (κ1) is 34.7. The summed E-state index contributed by atoms with van der Waals surface area (Å²) >= 11 is 0. The van der Waals surface area contributed by atoms with E-state index in [1.807, 2.05) is 44.1 Å². The van der Waals surface area contributed by atoms with Crippen molar-refractivity contribution in [3.05, 3.63) is 59.8 Å². The first-order chi connectivity index (χ1) is 21.2. The second-order valence-corrected chi connectivity index (χ2v) is 13.6. The van der Waals surface area contributed by atoms with Crippen LogP contribution in [0.1, 0.15) is 58.6 Å². The van der Waals surface area contributed by atoms with Gasteiger partial charge in [0.25, 0.3) is 0 Å². The van der Waals surface area contributed by atoms with Crippen molar-refractivity contribution in [2.24, 2.45) is 29.1 Å². The largest absolute Gasteiger partial charge is 0.493 e. The average molecular weight is 626 g/mol. The van der Waals surface area contributed by atoms with Crippen molar-refractivity contribution in [3.63, 3.8) is 0 Å². The van der Waals surface area contributed by atoms with E-state index in [9.17, 15) is 24.9 Å². The summed E-state index contributed by atoms with van der Waals surface area (Å²) in [6.45, 7) is 14.5. The van der Waals surface area contributed by atoms with Crippen molar-refractivity contribution >= 4 is 17.4 Å². The van der Waals surface area contributed by atoms with Crippen LogP contribution in [-0.4, -0.2) is 88.8 Å². The number of aliphatic hydroxyl groups excluding tert-OH is 2. The van der Waals surface area contributed by atoms with Gasteiger partial charge in [0.1, 0.15) is 17.9 Å². The quantitative estimate of drug-likeness (QED) is 0.191. The van der Waals surface area contributed by atoms with E-state index < -0.39 is 30.1 Å². The highest BCUT2D eigenvalue weighted by Crippen LogP contribution is 2.61. The summed E-state index contributed by atoms with van der Waals surface area (Å²) in [5, 5.41) is 35.3. The molecule has 45 heavy (non-hydrogen) atoms. The lowest BCUT2D eigenvalue weighted by Crippen LogP contribution is -2.62. The maximum absolute atomic E-state index is 14.1. The Morgan fingerprint density at radius 1 is 1.27 bits per heavy atom. The molecule has 10 heteroatoms. The van der Waals surface area contributed by atoms with Gasteiger partial charge < -0.3 is 30.3 Å². The van der Waals surface area contributed by atoms with Gasteiger partial charge in [-0.25, -0.2) is 4.79 Å². The van der Waals surface area contributed by atoms with Crippen molar-refractivity contribution in [1.82, 2.24) is 15.3 Å². The highest BCUT2D eigenvalue weighted by molar-refractivity contribution is 5.88. The molecule has 3 aliphatic carbocycles. The Morgan fingerprint density at radius 2 is 1.98 bits per heavy atom. The number of aliphatic carboxylic acids is 1. The van der Waals surface area contributed by atoms with E-state index in [2.05, 4.69) is 32.7 Å². The van der Waals surface area contributed by atoms with E-state index in [4.69, 9.17) is 9.57 Å². The molecule has 1 aromatic rings. The van der Waals surface area contributed by atoms with Gasteiger partial charge in [-0.05, 0) is 67.6 Å². The van der Waals surface area contributed by atoms with Crippen LogP contribution < -0.4 is 10.1 Å². The number of fused-ring (bicyclic) bond motifs is 2. The Labute approximate surface area is 267 Å².